The molecule has 0 saturated heterocycles. The predicted octanol–water partition coefficient (Wildman–Crippen LogP) is 3.88. The zero-order chi connectivity index (χ0) is 11.8. The van der Waals surface area contributed by atoms with Gasteiger partial charge in [-0.05, 0) is 12.1 Å². The topological polar surface area (TPSA) is 38.1 Å². The van der Waals surface area contributed by atoms with E-state index in [1.807, 2.05) is 29.8 Å². The first-order chi connectivity index (χ1) is 8.24. The molecule has 3 rings (SSSR count). The number of para-hydroxylation sites is 1. The van der Waals surface area contributed by atoms with Crippen molar-refractivity contribution in [3.63, 3.8) is 0 Å². The van der Waals surface area contributed by atoms with E-state index in [1.54, 1.807) is 0 Å². The number of aromatic nitrogens is 2. The van der Waals surface area contributed by atoms with E-state index >= 15 is 0 Å². The van der Waals surface area contributed by atoms with Crippen LogP contribution in [0.1, 0.15) is 0 Å². The lowest BCUT2D eigenvalue weighted by Gasteiger charge is -2.11. The molecule has 1 aromatic heterocycles. The molecule has 1 aromatic carbocycles. The lowest BCUT2D eigenvalue weighted by molar-refractivity contribution is 0.966. The quantitative estimate of drug-likeness (QED) is 0.490. The molecule has 3 nitrogen and oxygen atoms in total. The zero-order valence-electron chi connectivity index (χ0n) is 8.51. The van der Waals surface area contributed by atoms with Gasteiger partial charge in [0.25, 0.3) is 0 Å². The van der Waals surface area contributed by atoms with Crippen molar-refractivity contribution in [2.75, 3.05) is 0 Å². The second-order valence-corrected chi connectivity index (χ2v) is 6.04. The predicted molar refractivity (Wildman–Crippen MR) is 72.2 cm³/mol. The Bertz CT molecular complexity index is 595. The molecule has 0 bridgehead atoms. The fourth-order valence-electron chi connectivity index (χ4n) is 1.61. The van der Waals surface area contributed by atoms with Crippen molar-refractivity contribution in [3.8, 4) is 0 Å². The van der Waals surface area contributed by atoms with Crippen LogP contribution in [0.3, 0.4) is 0 Å². The van der Waals surface area contributed by atoms with E-state index in [2.05, 4.69) is 15.0 Å². The maximum atomic E-state index is 5.89. The smallest absolute Gasteiger partial charge is 0.179 e. The molecule has 1 aliphatic rings. The molecule has 0 aliphatic carbocycles. The Morgan fingerprint density at radius 1 is 1.00 bits per heavy atom. The van der Waals surface area contributed by atoms with Crippen LogP contribution in [0.2, 0.25) is 10.3 Å². The van der Waals surface area contributed by atoms with Gasteiger partial charge in [-0.25, -0.2) is 15.0 Å². The number of hydrogen-bond acceptors (Lipinski definition) is 3. The van der Waals surface area contributed by atoms with Crippen molar-refractivity contribution in [2.45, 2.75) is 10.1 Å². The second kappa shape index (κ2) is 4.29. The summed E-state index contributed by atoms with van der Waals surface area (Å²) in [5.74, 6) is 0. The fourth-order valence-corrected chi connectivity index (χ4v) is 3.89. The first-order valence-electron chi connectivity index (χ1n) is 4.86. The molecule has 0 radical (unpaired) electrons. The van der Waals surface area contributed by atoms with Gasteiger partial charge in [0, 0.05) is 11.0 Å². The Kier molecular flexibility index (Phi) is 2.78. The highest BCUT2D eigenvalue weighted by atomic mass is 35.5. The van der Waals surface area contributed by atoms with Gasteiger partial charge < -0.3 is 0 Å². The fraction of sp³-hybridized carbons (Fsp3) is 0. The Morgan fingerprint density at radius 3 is 2.47 bits per heavy atom. The molecule has 1 atom stereocenters. The molecular formula is C11H7Cl2N3S. The van der Waals surface area contributed by atoms with E-state index in [1.165, 1.54) is 6.07 Å². The normalized spacial score (nSPS) is 19.3. The van der Waals surface area contributed by atoms with Gasteiger partial charge in [-0.1, -0.05) is 35.3 Å². The van der Waals surface area contributed by atoms with Crippen LogP contribution in [0, 0.1) is 0 Å². The third kappa shape index (κ3) is 2.04. The molecule has 0 saturated carbocycles. The van der Waals surface area contributed by atoms with E-state index in [0.29, 0.717) is 15.5 Å². The SMILES string of the molecule is Clc1cc(Cl)nc([SH]2C=Nc3ccccc32)n1. The monoisotopic (exact) mass is 283 g/mol. The molecule has 0 amide bonds. The Hall–Kier alpha value is -1.10. The number of fused-ring (bicyclic) bond motifs is 1. The van der Waals surface area contributed by atoms with Gasteiger partial charge in [0.15, 0.2) is 5.16 Å². The molecular weight excluding hydrogens is 277 g/mol. The molecule has 6 heteroatoms. The summed E-state index contributed by atoms with van der Waals surface area (Å²) in [5.41, 5.74) is 2.85. The van der Waals surface area contributed by atoms with Gasteiger partial charge in [0.2, 0.25) is 0 Å². The third-order valence-electron chi connectivity index (χ3n) is 2.32. The number of aliphatic imine (C=N–C) groups is 1. The first-order valence-corrected chi connectivity index (χ1v) is 7.03. The minimum atomic E-state index is -0.771. The number of benzene rings is 1. The van der Waals surface area contributed by atoms with E-state index in [0.717, 1.165) is 10.6 Å². The maximum Gasteiger partial charge on any atom is 0.179 e. The molecule has 2 aromatic rings. The molecule has 17 heavy (non-hydrogen) atoms. The summed E-state index contributed by atoms with van der Waals surface area (Å²) in [6.45, 7) is 0. The molecule has 0 N–H and O–H groups in total. The summed E-state index contributed by atoms with van der Waals surface area (Å²) in [6.07, 6.45) is 0. The third-order valence-corrected chi connectivity index (χ3v) is 4.58. The molecule has 0 fully saturated rings. The number of thiol groups is 1. The van der Waals surface area contributed by atoms with Gasteiger partial charge in [-0.2, -0.15) is 0 Å². The van der Waals surface area contributed by atoms with E-state index in [9.17, 15) is 0 Å². The summed E-state index contributed by atoms with van der Waals surface area (Å²) in [4.78, 5) is 13.9. The van der Waals surface area contributed by atoms with Crippen molar-refractivity contribution >= 4 is 45.3 Å². The van der Waals surface area contributed by atoms with Crippen molar-refractivity contribution in [1.29, 1.82) is 0 Å². The highest BCUT2D eigenvalue weighted by Gasteiger charge is 2.19. The van der Waals surface area contributed by atoms with E-state index in [-0.39, 0.29) is 0 Å². The summed E-state index contributed by atoms with van der Waals surface area (Å²) < 4.78 is 0. The molecule has 2 heterocycles. The lowest BCUT2D eigenvalue weighted by atomic mass is 10.3. The van der Waals surface area contributed by atoms with Crippen LogP contribution in [-0.2, 0) is 0 Å². The average molecular weight is 284 g/mol. The molecule has 1 aliphatic heterocycles. The van der Waals surface area contributed by atoms with Crippen molar-refractivity contribution in [3.05, 3.63) is 40.6 Å². The van der Waals surface area contributed by atoms with E-state index < -0.39 is 10.9 Å². The van der Waals surface area contributed by atoms with Crippen LogP contribution in [0.25, 0.3) is 0 Å². The summed E-state index contributed by atoms with van der Waals surface area (Å²) in [5, 5.41) is 1.37. The Balaban J connectivity index is 2.10. The van der Waals surface area contributed by atoms with Crippen LogP contribution in [0.4, 0.5) is 5.69 Å². The van der Waals surface area contributed by atoms with E-state index in [4.69, 9.17) is 23.2 Å². The number of halogens is 2. The first kappa shape index (κ1) is 11.0. The van der Waals surface area contributed by atoms with Gasteiger partial charge in [-0.3, -0.25) is 0 Å². The molecule has 86 valence electrons. The number of hydrogen-bond donors (Lipinski definition) is 1. The lowest BCUT2D eigenvalue weighted by Crippen LogP contribution is -1.93. The largest absolute Gasteiger partial charge is 0.250 e. The van der Waals surface area contributed by atoms with Crippen molar-refractivity contribution < 1.29 is 0 Å². The summed E-state index contributed by atoms with van der Waals surface area (Å²) >= 11 is 11.8. The van der Waals surface area contributed by atoms with Gasteiger partial charge in [0.05, 0.1) is 11.2 Å². The second-order valence-electron chi connectivity index (χ2n) is 3.42. The number of rotatable bonds is 1. The molecule has 1 unspecified atom stereocenters. The van der Waals surface area contributed by atoms with Gasteiger partial charge in [-0.15, -0.1) is 10.9 Å². The summed E-state index contributed by atoms with van der Waals surface area (Å²) in [6, 6.07) is 9.48. The van der Waals surface area contributed by atoms with Crippen LogP contribution in [0.5, 0.6) is 0 Å². The van der Waals surface area contributed by atoms with Crippen molar-refractivity contribution in [2.24, 2.45) is 4.99 Å². The minimum Gasteiger partial charge on any atom is -0.250 e. The van der Waals surface area contributed by atoms with Gasteiger partial charge in [0.1, 0.15) is 10.3 Å². The number of nitrogens with zero attached hydrogens (tertiary/aromatic N) is 3. The maximum absolute atomic E-state index is 5.89. The van der Waals surface area contributed by atoms with Gasteiger partial charge >= 0.3 is 0 Å². The van der Waals surface area contributed by atoms with Crippen molar-refractivity contribution in [1.82, 2.24) is 9.97 Å². The van der Waals surface area contributed by atoms with Crippen LogP contribution in [0.15, 0.2) is 45.4 Å². The summed E-state index contributed by atoms with van der Waals surface area (Å²) in [7, 11) is -0.771. The van der Waals surface area contributed by atoms with Crippen LogP contribution >= 0.6 is 34.1 Å². The zero-order valence-corrected chi connectivity index (χ0v) is 10.9. The standard InChI is InChI=1S/C11H7Cl2N3S/c12-9-5-10(13)16-11(15-9)17-6-14-7-3-1-2-4-8(7)17/h1-6,17H. The van der Waals surface area contributed by atoms with Crippen LogP contribution < -0.4 is 0 Å². The highest BCUT2D eigenvalue weighted by Crippen LogP contribution is 2.49. The molecule has 0 spiro atoms. The Morgan fingerprint density at radius 2 is 1.71 bits per heavy atom. The average Bonchev–Trinajstić information content (AvgIpc) is 2.71. The Labute approximate surface area is 111 Å². The van der Waals surface area contributed by atoms with Crippen LogP contribution in [-0.4, -0.2) is 15.5 Å². The highest BCUT2D eigenvalue weighted by molar-refractivity contribution is 8.28. The minimum absolute atomic E-state index is 0.361.